The van der Waals surface area contributed by atoms with E-state index in [9.17, 15) is 13.4 Å². The summed E-state index contributed by atoms with van der Waals surface area (Å²) >= 11 is 22.2. The number of hydrogen-bond donors (Lipinski definition) is 1. The molecule has 2 unspecified atom stereocenters. The smallest absolute Gasteiger partial charge is 0.483 e. The van der Waals surface area contributed by atoms with Crippen LogP contribution in [0.1, 0.15) is 0 Å². The molecule has 1 aromatic rings. The first kappa shape index (κ1) is 15.4. The van der Waals surface area contributed by atoms with E-state index in [1.165, 1.54) is 0 Å². The lowest BCUT2D eigenvalue weighted by atomic mass is 10.2. The Morgan fingerprint density at radius 2 is 1.95 bits per heavy atom. The first-order chi connectivity index (χ1) is 9.52. The maximum absolute atomic E-state index is 13.8. The Hall–Kier alpha value is -0.470. The van der Waals surface area contributed by atoms with Crippen LogP contribution < -0.4 is 19.7 Å². The molecule has 116 valence electrons. The molecule has 2 heterocycles. The maximum Gasteiger partial charge on any atom is 0.483 e. The summed E-state index contributed by atoms with van der Waals surface area (Å²) in [6, 6.07) is 2.04. The van der Waals surface area contributed by atoms with Crippen molar-refractivity contribution in [3.05, 3.63) is 12.1 Å². The zero-order chi connectivity index (χ0) is 15.6. The van der Waals surface area contributed by atoms with E-state index >= 15 is 0 Å². The van der Waals surface area contributed by atoms with Gasteiger partial charge in [-0.05, 0) is 0 Å². The Bertz CT molecular complexity index is 609. The molecule has 11 heteroatoms. The fourth-order valence-electron chi connectivity index (χ4n) is 1.98. The monoisotopic (exact) mass is 383 g/mol. The molecule has 3 rings (SSSR count). The third kappa shape index (κ3) is 2.35. The Balaban J connectivity index is 2.01. The van der Waals surface area contributed by atoms with Crippen LogP contribution in [0.15, 0.2) is 12.1 Å². The van der Waals surface area contributed by atoms with Gasteiger partial charge in [0.2, 0.25) is 9.48 Å². The van der Waals surface area contributed by atoms with Crippen molar-refractivity contribution >= 4 is 57.8 Å². The van der Waals surface area contributed by atoms with Gasteiger partial charge in [-0.2, -0.15) is 0 Å². The van der Waals surface area contributed by atoms with E-state index in [2.05, 4.69) is 0 Å². The van der Waals surface area contributed by atoms with Crippen molar-refractivity contribution in [3.8, 4) is 11.5 Å². The zero-order valence-corrected chi connectivity index (χ0v) is 12.9. The summed E-state index contributed by atoms with van der Waals surface area (Å²) in [5, 5.41) is -1.63. The second-order valence-electron chi connectivity index (χ2n) is 4.46. The molecular weight excluding hydrogens is 379 g/mol. The predicted octanol–water partition coefficient (Wildman–Crippen LogP) is 4.52. The second kappa shape index (κ2) is 4.52. The van der Waals surface area contributed by atoms with E-state index in [0.29, 0.717) is 0 Å². The van der Waals surface area contributed by atoms with E-state index in [0.717, 1.165) is 12.1 Å². The third-order valence-electron chi connectivity index (χ3n) is 3.03. The first-order valence-corrected chi connectivity index (χ1v) is 7.03. The van der Waals surface area contributed by atoms with Crippen LogP contribution in [0.5, 0.6) is 11.5 Å². The number of anilines is 1. The van der Waals surface area contributed by atoms with Gasteiger partial charge in [-0.3, -0.25) is 5.32 Å². The average molecular weight is 385 g/mol. The lowest BCUT2D eigenvalue weighted by Gasteiger charge is -2.30. The van der Waals surface area contributed by atoms with Crippen LogP contribution in [0.2, 0.25) is 0 Å². The van der Waals surface area contributed by atoms with E-state index in [-0.39, 0.29) is 23.8 Å². The van der Waals surface area contributed by atoms with E-state index < -0.39 is 25.9 Å². The van der Waals surface area contributed by atoms with E-state index in [4.69, 9.17) is 55.9 Å². The molecule has 0 spiro atoms. The Morgan fingerprint density at radius 3 is 2.57 bits per heavy atom. The Labute approximate surface area is 136 Å². The molecule has 21 heavy (non-hydrogen) atoms. The molecular formula is C10H6Cl4F3N2O2+. The van der Waals surface area contributed by atoms with Crippen LogP contribution in [0.4, 0.5) is 24.7 Å². The van der Waals surface area contributed by atoms with Gasteiger partial charge in [-0.15, -0.1) is 4.39 Å². The molecule has 2 aliphatic rings. The quantitative estimate of drug-likeness (QED) is 0.405. The molecule has 1 N–H and O–H groups in total. The normalized spacial score (nSPS) is 29.8. The van der Waals surface area contributed by atoms with Crippen LogP contribution >= 0.6 is 46.4 Å². The number of quaternary nitrogens is 1. The number of ether oxygens (including phenoxy) is 2. The van der Waals surface area contributed by atoms with Crippen LogP contribution in [-0.4, -0.2) is 21.9 Å². The number of rotatable bonds is 0. The molecule has 0 aromatic heterocycles. The topological polar surface area (TPSA) is 30.5 Å². The molecule has 0 fully saturated rings. The fourth-order valence-corrected chi connectivity index (χ4v) is 2.50. The minimum atomic E-state index is -3.49. The highest BCUT2D eigenvalue weighted by molar-refractivity contribution is 6.68. The Morgan fingerprint density at radius 1 is 1.29 bits per heavy atom. The van der Waals surface area contributed by atoms with Gasteiger partial charge in [0.05, 0.1) is 15.0 Å². The average Bonchev–Trinajstić information content (AvgIpc) is 2.51. The summed E-state index contributed by atoms with van der Waals surface area (Å²) < 4.78 is 50.0. The van der Waals surface area contributed by atoms with Crippen molar-refractivity contribution in [2.45, 2.75) is 15.3 Å². The van der Waals surface area contributed by atoms with E-state index in [1.807, 2.05) is 5.32 Å². The van der Waals surface area contributed by atoms with Gasteiger partial charge < -0.3 is 9.47 Å². The molecule has 2 aliphatic heterocycles. The fraction of sp³-hybridized carbons (Fsp3) is 0.400. The van der Waals surface area contributed by atoms with Gasteiger partial charge >= 0.3 is 5.38 Å². The summed E-state index contributed by atoms with van der Waals surface area (Å²) in [5.74, 6) is 0.0198. The molecule has 2 atom stereocenters. The molecule has 0 saturated heterocycles. The SMILES string of the molecule is FC1(Cl)Nc2cc3c(cc2[N+]1(F)F)OCC(C(Cl)(Cl)Cl)O3. The molecule has 4 nitrogen and oxygen atoms in total. The van der Waals surface area contributed by atoms with Gasteiger partial charge in [0.1, 0.15) is 12.3 Å². The van der Waals surface area contributed by atoms with E-state index in [1.54, 1.807) is 0 Å². The van der Waals surface area contributed by atoms with Gasteiger partial charge in [-0.1, -0.05) is 34.8 Å². The number of halogens is 7. The van der Waals surface area contributed by atoms with Crippen LogP contribution in [0.3, 0.4) is 0 Å². The molecule has 0 amide bonds. The second-order valence-corrected chi connectivity index (χ2v) is 7.33. The number of nitrogens with zero attached hydrogens (tertiary/aromatic N) is 1. The van der Waals surface area contributed by atoms with Crippen LogP contribution in [-0.2, 0) is 0 Å². The van der Waals surface area contributed by atoms with Gasteiger partial charge in [0, 0.05) is 17.7 Å². The number of nitrogens with one attached hydrogen (secondary N) is 1. The minimum Gasteiger partial charge on any atom is -0.485 e. The van der Waals surface area contributed by atoms with Gasteiger partial charge in [0.25, 0.3) is 0 Å². The number of benzene rings is 1. The molecule has 0 bridgehead atoms. The van der Waals surface area contributed by atoms with Crippen molar-refractivity contribution in [1.29, 1.82) is 0 Å². The highest BCUT2D eigenvalue weighted by Crippen LogP contribution is 2.54. The summed E-state index contributed by atoms with van der Waals surface area (Å²) in [6.07, 6.45) is -0.935. The highest BCUT2D eigenvalue weighted by atomic mass is 35.6. The standard InChI is InChI=1S/C10H6Cl4F3N2O2/c11-9(12,13)8-3-20-6-2-5-4(1-7(6)21-8)18-10(14,15)19(5,16)17/h1-2,8,18H,3H2/q+1. The van der Waals surface area contributed by atoms with Crippen molar-refractivity contribution in [2.75, 3.05) is 11.9 Å². The lowest BCUT2D eigenvalue weighted by molar-refractivity contribution is -0.211. The van der Waals surface area contributed by atoms with Crippen LogP contribution in [0, 0.1) is 0 Å². The predicted molar refractivity (Wildman–Crippen MR) is 74.0 cm³/mol. The molecule has 1 aromatic carbocycles. The highest BCUT2D eigenvalue weighted by Gasteiger charge is 2.66. The Kier molecular flexibility index (Phi) is 3.32. The third-order valence-corrected chi connectivity index (χ3v) is 4.06. The van der Waals surface area contributed by atoms with Crippen molar-refractivity contribution in [3.63, 3.8) is 0 Å². The summed E-state index contributed by atoms with van der Waals surface area (Å²) in [4.78, 5) is -3.20. The summed E-state index contributed by atoms with van der Waals surface area (Å²) in [6.45, 7) is -0.157. The number of fused-ring (bicyclic) bond motifs is 2. The molecule has 0 aliphatic carbocycles. The van der Waals surface area contributed by atoms with Gasteiger partial charge in [-0.25, -0.2) is 0 Å². The van der Waals surface area contributed by atoms with Crippen LogP contribution in [0.25, 0.3) is 0 Å². The first-order valence-electron chi connectivity index (χ1n) is 5.51. The van der Waals surface area contributed by atoms with Crippen molar-refractivity contribution in [1.82, 2.24) is 4.93 Å². The largest absolute Gasteiger partial charge is 0.485 e. The minimum absolute atomic E-state index is 0.0202. The summed E-state index contributed by atoms with van der Waals surface area (Å²) in [7, 11) is 0. The van der Waals surface area contributed by atoms with Gasteiger partial charge in [0.15, 0.2) is 22.5 Å². The van der Waals surface area contributed by atoms with Crippen molar-refractivity contribution in [2.24, 2.45) is 0 Å². The molecule has 0 saturated carbocycles. The summed E-state index contributed by atoms with van der Waals surface area (Å²) in [5.41, 5.74) is -0.938. The number of alkyl halides is 5. The van der Waals surface area contributed by atoms with Crippen molar-refractivity contribution < 1.29 is 22.8 Å². The maximum atomic E-state index is 13.8. The number of hydrogen-bond acceptors (Lipinski definition) is 3. The molecule has 0 radical (unpaired) electrons. The lowest BCUT2D eigenvalue weighted by Crippen LogP contribution is -2.47. The zero-order valence-electron chi connectivity index (χ0n) is 9.85.